The Balaban J connectivity index is 1.59. The lowest BCUT2D eigenvalue weighted by Gasteiger charge is -2.11. The van der Waals surface area contributed by atoms with Crippen LogP contribution in [0.3, 0.4) is 0 Å². The number of rotatable bonds is 7. The van der Waals surface area contributed by atoms with Gasteiger partial charge in [-0.1, -0.05) is 42.1 Å². The number of non-ortho nitro benzene ring substituents is 1. The number of nitrogens with zero attached hydrogens (tertiary/aromatic N) is 4. The first kappa shape index (κ1) is 22.1. The summed E-state index contributed by atoms with van der Waals surface area (Å²) < 4.78 is 30.0. The molecule has 1 aromatic heterocycles. The van der Waals surface area contributed by atoms with E-state index in [-0.39, 0.29) is 28.5 Å². The minimum atomic E-state index is -0.798. The standard InChI is InChI=1S/C22H15F2N5O3S/c23-17-9-5-4-8-16(17)21-26-27-22(28(21)14-6-2-1-3-7-14)33-13-20(30)25-19-12-15(29(31)32)10-11-18(19)24/h1-12H,13H2,(H,25,30). The van der Waals surface area contributed by atoms with E-state index >= 15 is 0 Å². The van der Waals surface area contributed by atoms with E-state index in [0.717, 1.165) is 30.0 Å². The number of benzene rings is 3. The average molecular weight is 467 g/mol. The van der Waals surface area contributed by atoms with E-state index in [9.17, 15) is 23.7 Å². The largest absolute Gasteiger partial charge is 0.323 e. The molecule has 0 bridgehead atoms. The van der Waals surface area contributed by atoms with Crippen LogP contribution < -0.4 is 5.32 Å². The number of anilines is 1. The minimum absolute atomic E-state index is 0.190. The smallest absolute Gasteiger partial charge is 0.271 e. The van der Waals surface area contributed by atoms with Crippen LogP contribution in [0.2, 0.25) is 0 Å². The van der Waals surface area contributed by atoms with Gasteiger partial charge < -0.3 is 5.32 Å². The predicted octanol–water partition coefficient (Wildman–Crippen LogP) is 4.85. The molecule has 0 aliphatic rings. The number of aromatic nitrogens is 3. The van der Waals surface area contributed by atoms with Gasteiger partial charge in [0.25, 0.3) is 5.69 Å². The van der Waals surface area contributed by atoms with E-state index < -0.39 is 22.5 Å². The lowest BCUT2D eigenvalue weighted by atomic mass is 10.2. The molecule has 4 aromatic rings. The number of hydrogen-bond donors (Lipinski definition) is 1. The van der Waals surface area contributed by atoms with Crippen molar-refractivity contribution in [2.75, 3.05) is 11.1 Å². The van der Waals surface area contributed by atoms with Crippen LogP contribution in [0, 0.1) is 21.7 Å². The Kier molecular flexibility index (Phi) is 6.41. The van der Waals surface area contributed by atoms with E-state index in [2.05, 4.69) is 15.5 Å². The third-order valence-electron chi connectivity index (χ3n) is 4.53. The zero-order valence-corrected chi connectivity index (χ0v) is 17.6. The van der Waals surface area contributed by atoms with E-state index in [1.54, 1.807) is 47.0 Å². The summed E-state index contributed by atoms with van der Waals surface area (Å²) >= 11 is 1.01. The van der Waals surface area contributed by atoms with Gasteiger partial charge in [-0.05, 0) is 30.3 Å². The quantitative estimate of drug-likeness (QED) is 0.237. The van der Waals surface area contributed by atoms with Crippen molar-refractivity contribution in [3.8, 4) is 17.1 Å². The van der Waals surface area contributed by atoms with Crippen LogP contribution in [0.1, 0.15) is 0 Å². The first-order valence-electron chi connectivity index (χ1n) is 9.56. The highest BCUT2D eigenvalue weighted by Gasteiger charge is 2.20. The molecule has 0 spiro atoms. The Morgan fingerprint density at radius 3 is 2.45 bits per heavy atom. The van der Waals surface area contributed by atoms with Gasteiger partial charge in [0, 0.05) is 17.8 Å². The maximum absolute atomic E-state index is 14.4. The van der Waals surface area contributed by atoms with Crippen molar-refractivity contribution in [2.45, 2.75) is 5.16 Å². The van der Waals surface area contributed by atoms with Crippen molar-refractivity contribution in [3.05, 3.63) is 94.5 Å². The zero-order chi connectivity index (χ0) is 23.4. The zero-order valence-electron chi connectivity index (χ0n) is 16.8. The van der Waals surface area contributed by atoms with Crippen LogP contribution in [0.15, 0.2) is 78.0 Å². The van der Waals surface area contributed by atoms with Gasteiger partial charge in [-0.25, -0.2) is 8.78 Å². The van der Waals surface area contributed by atoms with Crippen LogP contribution in [0.4, 0.5) is 20.2 Å². The number of nitro benzene ring substituents is 1. The molecule has 1 N–H and O–H groups in total. The molecule has 0 fully saturated rings. The molecular formula is C22H15F2N5O3S. The second kappa shape index (κ2) is 9.57. The maximum Gasteiger partial charge on any atom is 0.271 e. The summed E-state index contributed by atoms with van der Waals surface area (Å²) in [6, 6.07) is 18.0. The van der Waals surface area contributed by atoms with Gasteiger partial charge in [0.15, 0.2) is 11.0 Å². The fraction of sp³-hybridized carbons (Fsp3) is 0.0455. The van der Waals surface area contributed by atoms with Gasteiger partial charge in [0.1, 0.15) is 11.6 Å². The molecule has 0 saturated heterocycles. The van der Waals surface area contributed by atoms with Crippen LogP contribution in [-0.4, -0.2) is 31.3 Å². The number of halogens is 2. The molecule has 8 nitrogen and oxygen atoms in total. The molecule has 1 heterocycles. The molecular weight excluding hydrogens is 452 g/mol. The number of hydrogen-bond acceptors (Lipinski definition) is 6. The molecule has 0 unspecified atom stereocenters. The van der Waals surface area contributed by atoms with Crippen molar-refractivity contribution in [1.82, 2.24) is 14.8 Å². The minimum Gasteiger partial charge on any atom is -0.323 e. The topological polar surface area (TPSA) is 103 Å². The lowest BCUT2D eigenvalue weighted by molar-refractivity contribution is -0.384. The summed E-state index contributed by atoms with van der Waals surface area (Å²) in [5.74, 6) is -1.81. The highest BCUT2D eigenvalue weighted by molar-refractivity contribution is 7.99. The molecule has 0 atom stereocenters. The summed E-state index contributed by atoms with van der Waals surface area (Å²) in [6.07, 6.45) is 0. The average Bonchev–Trinajstić information content (AvgIpc) is 3.23. The second-order valence-electron chi connectivity index (χ2n) is 6.72. The van der Waals surface area contributed by atoms with E-state index in [4.69, 9.17) is 0 Å². The number of thioether (sulfide) groups is 1. The highest BCUT2D eigenvalue weighted by Crippen LogP contribution is 2.29. The monoisotopic (exact) mass is 467 g/mol. The van der Waals surface area contributed by atoms with Gasteiger partial charge in [-0.2, -0.15) is 0 Å². The summed E-state index contributed by atoms with van der Waals surface area (Å²) in [7, 11) is 0. The summed E-state index contributed by atoms with van der Waals surface area (Å²) in [5, 5.41) is 21.8. The number of amides is 1. The molecule has 0 radical (unpaired) electrons. The van der Waals surface area contributed by atoms with Crippen LogP contribution in [0.5, 0.6) is 0 Å². The molecule has 0 aliphatic heterocycles. The van der Waals surface area contributed by atoms with Gasteiger partial charge in [0.05, 0.1) is 21.9 Å². The lowest BCUT2D eigenvalue weighted by Crippen LogP contribution is -2.15. The first-order chi connectivity index (χ1) is 15.9. The molecule has 11 heteroatoms. The van der Waals surface area contributed by atoms with Crippen LogP contribution in [-0.2, 0) is 4.79 Å². The predicted molar refractivity (Wildman–Crippen MR) is 119 cm³/mol. The van der Waals surface area contributed by atoms with Gasteiger partial charge in [-0.3, -0.25) is 19.5 Å². The van der Waals surface area contributed by atoms with Crippen molar-refractivity contribution in [3.63, 3.8) is 0 Å². The van der Waals surface area contributed by atoms with Crippen LogP contribution in [0.25, 0.3) is 17.1 Å². The molecule has 3 aromatic carbocycles. The summed E-state index contributed by atoms with van der Waals surface area (Å²) in [5.41, 5.74) is 0.251. The second-order valence-corrected chi connectivity index (χ2v) is 7.66. The van der Waals surface area contributed by atoms with Gasteiger partial charge in [0.2, 0.25) is 5.91 Å². The van der Waals surface area contributed by atoms with Gasteiger partial charge >= 0.3 is 0 Å². The molecule has 0 saturated carbocycles. The normalized spacial score (nSPS) is 10.7. The molecule has 4 rings (SSSR count). The molecule has 166 valence electrons. The van der Waals surface area contributed by atoms with Crippen molar-refractivity contribution in [2.24, 2.45) is 0 Å². The number of nitro groups is 1. The fourth-order valence-electron chi connectivity index (χ4n) is 3.03. The Hall–Kier alpha value is -4.12. The third-order valence-corrected chi connectivity index (χ3v) is 5.46. The highest BCUT2D eigenvalue weighted by atomic mass is 32.2. The Morgan fingerprint density at radius 1 is 1.00 bits per heavy atom. The van der Waals surface area contributed by atoms with Gasteiger partial charge in [-0.15, -0.1) is 10.2 Å². The Bertz CT molecular complexity index is 1330. The Labute approximate surface area is 190 Å². The van der Waals surface area contributed by atoms with Crippen molar-refractivity contribution in [1.29, 1.82) is 0 Å². The number of carbonyl (C=O) groups excluding carboxylic acids is 1. The van der Waals surface area contributed by atoms with Crippen molar-refractivity contribution < 1.29 is 18.5 Å². The fourth-order valence-corrected chi connectivity index (χ4v) is 3.78. The first-order valence-corrected chi connectivity index (χ1v) is 10.5. The summed E-state index contributed by atoms with van der Waals surface area (Å²) in [4.78, 5) is 22.6. The Morgan fingerprint density at radius 2 is 1.73 bits per heavy atom. The molecule has 33 heavy (non-hydrogen) atoms. The van der Waals surface area contributed by atoms with E-state index in [1.807, 2.05) is 6.07 Å². The molecule has 1 amide bonds. The van der Waals surface area contributed by atoms with Crippen LogP contribution >= 0.6 is 11.8 Å². The number of nitrogens with one attached hydrogen (secondary N) is 1. The maximum atomic E-state index is 14.4. The summed E-state index contributed by atoms with van der Waals surface area (Å²) in [6.45, 7) is 0. The van der Waals surface area contributed by atoms with E-state index in [0.29, 0.717) is 10.8 Å². The SMILES string of the molecule is O=C(CSc1nnc(-c2ccccc2F)n1-c1ccccc1)Nc1cc([N+](=O)[O-])ccc1F. The number of para-hydroxylation sites is 1. The number of carbonyl (C=O) groups is 1. The van der Waals surface area contributed by atoms with E-state index in [1.165, 1.54) is 6.07 Å². The molecule has 0 aliphatic carbocycles. The third kappa shape index (κ3) is 4.88. The van der Waals surface area contributed by atoms with Crippen molar-refractivity contribution >= 4 is 29.0 Å².